The molecule has 1 amide bonds. The number of rotatable bonds is 10. The zero-order valence-corrected chi connectivity index (χ0v) is 17.6. The first-order valence-electron chi connectivity index (χ1n) is 10.5. The van der Waals surface area contributed by atoms with Crippen molar-refractivity contribution in [3.8, 4) is 11.5 Å². The van der Waals surface area contributed by atoms with Gasteiger partial charge in [0.05, 0.1) is 5.92 Å². The molecule has 32 heavy (non-hydrogen) atoms. The molecule has 3 rings (SSSR count). The molecular formula is C26H27NO5. The van der Waals surface area contributed by atoms with Crippen molar-refractivity contribution in [2.45, 2.75) is 25.8 Å². The lowest BCUT2D eigenvalue weighted by Gasteiger charge is -2.21. The third-order valence-electron chi connectivity index (χ3n) is 5.45. The van der Waals surface area contributed by atoms with Crippen molar-refractivity contribution in [1.29, 1.82) is 0 Å². The number of carboxylic acids is 1. The van der Waals surface area contributed by atoms with E-state index in [9.17, 15) is 24.9 Å². The van der Waals surface area contributed by atoms with Crippen molar-refractivity contribution < 1.29 is 24.9 Å². The fourth-order valence-electron chi connectivity index (χ4n) is 3.71. The lowest BCUT2D eigenvalue weighted by molar-refractivity contribution is -0.142. The van der Waals surface area contributed by atoms with Gasteiger partial charge in [0, 0.05) is 12.5 Å². The second kappa shape index (κ2) is 11.0. The summed E-state index contributed by atoms with van der Waals surface area (Å²) in [6.07, 6.45) is 0.971. The van der Waals surface area contributed by atoms with Gasteiger partial charge in [-0.15, -0.1) is 0 Å². The van der Waals surface area contributed by atoms with E-state index < -0.39 is 17.8 Å². The molecule has 0 bridgehead atoms. The fraction of sp³-hybridized carbons (Fsp3) is 0.231. The first kappa shape index (κ1) is 22.9. The minimum absolute atomic E-state index is 0.161. The van der Waals surface area contributed by atoms with Gasteiger partial charge in [0.2, 0.25) is 5.91 Å². The summed E-state index contributed by atoms with van der Waals surface area (Å²) in [4.78, 5) is 25.0. The number of aliphatic carboxylic acids is 1. The Balaban J connectivity index is 1.74. The van der Waals surface area contributed by atoms with E-state index in [1.54, 1.807) is 6.07 Å². The first-order chi connectivity index (χ1) is 15.4. The number of hydrogen-bond donors (Lipinski definition) is 4. The number of benzene rings is 3. The molecule has 6 heteroatoms. The van der Waals surface area contributed by atoms with Crippen LogP contribution in [0.4, 0.5) is 0 Å². The summed E-state index contributed by atoms with van der Waals surface area (Å²) in [6.45, 7) is 0.161. The van der Waals surface area contributed by atoms with E-state index in [-0.39, 0.29) is 30.4 Å². The molecular weight excluding hydrogens is 406 g/mol. The van der Waals surface area contributed by atoms with Crippen LogP contribution in [0.2, 0.25) is 0 Å². The largest absolute Gasteiger partial charge is 0.504 e. The van der Waals surface area contributed by atoms with E-state index in [2.05, 4.69) is 5.32 Å². The molecule has 0 aromatic heterocycles. The molecule has 2 atom stereocenters. The van der Waals surface area contributed by atoms with E-state index in [1.165, 1.54) is 12.1 Å². The quantitative estimate of drug-likeness (QED) is 0.363. The van der Waals surface area contributed by atoms with Crippen molar-refractivity contribution in [2.75, 3.05) is 0 Å². The van der Waals surface area contributed by atoms with Crippen LogP contribution in [-0.4, -0.2) is 27.2 Å². The predicted molar refractivity (Wildman–Crippen MR) is 121 cm³/mol. The highest BCUT2D eigenvalue weighted by Gasteiger charge is 2.27. The maximum absolute atomic E-state index is 13.1. The number of phenolic OH excluding ortho intramolecular Hbond substituents is 2. The van der Waals surface area contributed by atoms with Gasteiger partial charge in [-0.1, -0.05) is 66.7 Å². The Morgan fingerprint density at radius 3 is 1.81 bits per heavy atom. The van der Waals surface area contributed by atoms with Crippen LogP contribution in [0, 0.1) is 11.8 Å². The molecule has 0 aliphatic carbocycles. The van der Waals surface area contributed by atoms with E-state index >= 15 is 0 Å². The maximum Gasteiger partial charge on any atom is 0.306 e. The number of aromatic hydroxyl groups is 2. The molecule has 0 aliphatic heterocycles. The van der Waals surface area contributed by atoms with Gasteiger partial charge in [-0.2, -0.15) is 0 Å². The van der Waals surface area contributed by atoms with Gasteiger partial charge in [-0.25, -0.2) is 0 Å². The van der Waals surface area contributed by atoms with E-state index in [1.807, 2.05) is 60.7 Å². The summed E-state index contributed by atoms with van der Waals surface area (Å²) < 4.78 is 0. The van der Waals surface area contributed by atoms with Crippen molar-refractivity contribution in [1.82, 2.24) is 5.32 Å². The summed E-state index contributed by atoms with van der Waals surface area (Å²) in [5.41, 5.74) is 2.50. The lowest BCUT2D eigenvalue weighted by atomic mass is 9.85. The number of hydrogen-bond acceptors (Lipinski definition) is 4. The van der Waals surface area contributed by atoms with E-state index in [0.29, 0.717) is 18.4 Å². The average Bonchev–Trinajstić information content (AvgIpc) is 2.80. The van der Waals surface area contributed by atoms with Crippen LogP contribution in [-0.2, 0) is 29.0 Å². The lowest BCUT2D eigenvalue weighted by Crippen LogP contribution is -2.34. The van der Waals surface area contributed by atoms with Gasteiger partial charge in [0.25, 0.3) is 0 Å². The molecule has 0 aliphatic rings. The highest BCUT2D eigenvalue weighted by molar-refractivity contribution is 5.80. The summed E-state index contributed by atoms with van der Waals surface area (Å²) in [7, 11) is 0. The summed E-state index contributed by atoms with van der Waals surface area (Å²) in [5, 5.41) is 31.8. The molecule has 6 nitrogen and oxygen atoms in total. The van der Waals surface area contributed by atoms with Gasteiger partial charge in [0.15, 0.2) is 11.5 Å². The van der Waals surface area contributed by atoms with Crippen LogP contribution < -0.4 is 5.32 Å². The number of carbonyl (C=O) groups excluding carboxylic acids is 1. The minimum atomic E-state index is -0.928. The molecule has 0 unspecified atom stereocenters. The molecule has 3 aromatic rings. The van der Waals surface area contributed by atoms with Crippen molar-refractivity contribution in [3.05, 3.63) is 95.6 Å². The Morgan fingerprint density at radius 1 is 0.719 bits per heavy atom. The summed E-state index contributed by atoms with van der Waals surface area (Å²) in [6, 6.07) is 23.3. The molecule has 3 aromatic carbocycles. The smallest absolute Gasteiger partial charge is 0.306 e. The third kappa shape index (κ3) is 6.60. The molecule has 0 spiro atoms. The van der Waals surface area contributed by atoms with Crippen LogP contribution in [0.5, 0.6) is 11.5 Å². The molecule has 0 radical (unpaired) electrons. The first-order valence-corrected chi connectivity index (χ1v) is 10.5. The summed E-state index contributed by atoms with van der Waals surface area (Å²) >= 11 is 0. The Hall–Kier alpha value is -3.80. The van der Waals surface area contributed by atoms with Gasteiger partial charge >= 0.3 is 5.97 Å². The number of amides is 1. The van der Waals surface area contributed by atoms with Crippen molar-refractivity contribution in [3.63, 3.8) is 0 Å². The topological polar surface area (TPSA) is 107 Å². The van der Waals surface area contributed by atoms with Crippen LogP contribution >= 0.6 is 0 Å². The van der Waals surface area contributed by atoms with Gasteiger partial charge in [-0.3, -0.25) is 9.59 Å². The molecule has 166 valence electrons. The SMILES string of the molecule is O=C(O)[C@H](Cc1ccccc1)C[C@@H](Cc1ccccc1)C(=O)NCc1ccc(O)c(O)c1. The Morgan fingerprint density at radius 2 is 1.28 bits per heavy atom. The Labute approximate surface area is 187 Å². The normalized spacial score (nSPS) is 12.6. The van der Waals surface area contributed by atoms with Crippen LogP contribution in [0.3, 0.4) is 0 Å². The third-order valence-corrected chi connectivity index (χ3v) is 5.45. The fourth-order valence-corrected chi connectivity index (χ4v) is 3.71. The van der Waals surface area contributed by atoms with Crippen LogP contribution in [0.15, 0.2) is 78.9 Å². The second-order valence-corrected chi connectivity index (χ2v) is 7.89. The maximum atomic E-state index is 13.1. The average molecular weight is 434 g/mol. The van der Waals surface area contributed by atoms with Gasteiger partial charge < -0.3 is 20.6 Å². The van der Waals surface area contributed by atoms with Crippen molar-refractivity contribution in [2.24, 2.45) is 11.8 Å². The zero-order chi connectivity index (χ0) is 22.9. The number of carbonyl (C=O) groups is 2. The van der Waals surface area contributed by atoms with E-state index in [0.717, 1.165) is 11.1 Å². The highest BCUT2D eigenvalue weighted by Crippen LogP contribution is 2.25. The Kier molecular flexibility index (Phi) is 7.86. The zero-order valence-electron chi connectivity index (χ0n) is 17.6. The van der Waals surface area contributed by atoms with Crippen molar-refractivity contribution >= 4 is 11.9 Å². The highest BCUT2D eigenvalue weighted by atomic mass is 16.4. The number of phenols is 2. The van der Waals surface area contributed by atoms with Gasteiger partial charge in [0.1, 0.15) is 0 Å². The Bertz CT molecular complexity index is 1040. The number of carboxylic acid groups (broad SMARTS) is 1. The van der Waals surface area contributed by atoms with Crippen LogP contribution in [0.25, 0.3) is 0 Å². The molecule has 0 saturated carbocycles. The molecule has 0 heterocycles. The monoisotopic (exact) mass is 433 g/mol. The molecule has 0 fully saturated rings. The standard InChI is InChI=1S/C26H27NO5/c28-23-12-11-20(15-24(23)29)17-27-25(30)21(13-18-7-3-1-4-8-18)16-22(26(31)32)14-19-9-5-2-6-10-19/h1-12,15,21-22,28-29H,13-14,16-17H2,(H,27,30)(H,31,32)/t21-,22-/m1/s1. The van der Waals surface area contributed by atoms with E-state index in [4.69, 9.17) is 0 Å². The molecule has 0 saturated heterocycles. The summed E-state index contributed by atoms with van der Waals surface area (Å²) in [5.74, 6) is -2.90. The number of nitrogens with one attached hydrogen (secondary N) is 1. The minimum Gasteiger partial charge on any atom is -0.504 e. The molecule has 4 N–H and O–H groups in total. The van der Waals surface area contributed by atoms with Gasteiger partial charge in [-0.05, 0) is 48.1 Å². The second-order valence-electron chi connectivity index (χ2n) is 7.89. The predicted octanol–water partition coefficient (Wildman–Crippen LogP) is 3.91. The van der Waals surface area contributed by atoms with Crippen LogP contribution in [0.1, 0.15) is 23.1 Å².